The number of carbonyl (C=O) groups is 2. The van der Waals surface area contributed by atoms with Gasteiger partial charge in [-0.1, -0.05) is 0 Å². The van der Waals surface area contributed by atoms with E-state index in [1.807, 2.05) is 13.8 Å². The minimum atomic E-state index is -3.57. The van der Waals surface area contributed by atoms with Crippen molar-refractivity contribution in [2.75, 3.05) is 25.0 Å². The molecule has 1 aromatic rings. The third-order valence-electron chi connectivity index (χ3n) is 4.04. The number of amides is 2. The maximum Gasteiger partial charge on any atom is 0.282 e. The van der Waals surface area contributed by atoms with Crippen molar-refractivity contribution in [3.63, 3.8) is 0 Å². The van der Waals surface area contributed by atoms with E-state index in [0.717, 1.165) is 4.90 Å². The van der Waals surface area contributed by atoms with Crippen LogP contribution in [0.25, 0.3) is 0 Å². The molecule has 27 heavy (non-hydrogen) atoms. The van der Waals surface area contributed by atoms with Gasteiger partial charge in [0.25, 0.3) is 11.8 Å². The van der Waals surface area contributed by atoms with Gasteiger partial charge in [-0.05, 0) is 58.9 Å². The second kappa shape index (κ2) is 10.4. The number of benzene rings is 1. The first-order chi connectivity index (χ1) is 12.6. The van der Waals surface area contributed by atoms with Crippen molar-refractivity contribution < 1.29 is 22.9 Å². The minimum absolute atomic E-state index is 0.0961. The van der Waals surface area contributed by atoms with E-state index in [4.69, 9.17) is 0 Å². The van der Waals surface area contributed by atoms with Crippen LogP contribution in [0.1, 0.15) is 34.6 Å². The fraction of sp³-hybridized carbons (Fsp3) is 0.556. The maximum atomic E-state index is 12.5. The molecule has 1 aromatic carbocycles. The molecule has 2 atom stereocenters. The summed E-state index contributed by atoms with van der Waals surface area (Å²) in [6.07, 6.45) is 0. The normalized spacial score (nSPS) is 13.9. The molecular weight excluding hydrogens is 368 g/mol. The van der Waals surface area contributed by atoms with Gasteiger partial charge >= 0.3 is 0 Å². The van der Waals surface area contributed by atoms with Gasteiger partial charge in [0, 0.05) is 18.3 Å². The number of hydrogen-bond donors (Lipinski definition) is 4. The van der Waals surface area contributed by atoms with Crippen LogP contribution in [-0.2, 0) is 19.6 Å². The van der Waals surface area contributed by atoms with Gasteiger partial charge in [0.05, 0.1) is 11.4 Å². The molecule has 2 amide bonds. The lowest BCUT2D eigenvalue weighted by Gasteiger charge is -2.23. The average molecular weight is 400 g/mol. The Kier molecular flexibility index (Phi) is 8.87. The second-order valence-corrected chi connectivity index (χ2v) is 8.37. The number of carbonyl (C=O) groups excluding carboxylic acids is 2. The molecule has 0 saturated carbocycles. The van der Waals surface area contributed by atoms with Gasteiger partial charge in [0.15, 0.2) is 12.6 Å². The number of anilines is 1. The highest BCUT2D eigenvalue weighted by Crippen LogP contribution is 2.14. The van der Waals surface area contributed by atoms with Crippen molar-refractivity contribution in [2.45, 2.75) is 51.6 Å². The van der Waals surface area contributed by atoms with Crippen molar-refractivity contribution >= 4 is 27.5 Å². The van der Waals surface area contributed by atoms with Gasteiger partial charge < -0.3 is 15.5 Å². The molecule has 152 valence electrons. The third-order valence-corrected chi connectivity index (χ3v) is 5.72. The van der Waals surface area contributed by atoms with Crippen LogP contribution in [0.15, 0.2) is 29.2 Å². The van der Waals surface area contributed by atoms with Crippen molar-refractivity contribution in [1.82, 2.24) is 10.0 Å². The molecule has 0 heterocycles. The molecule has 1 unspecified atom stereocenters. The van der Waals surface area contributed by atoms with Crippen LogP contribution in [0.3, 0.4) is 0 Å². The van der Waals surface area contributed by atoms with E-state index in [0.29, 0.717) is 18.8 Å². The van der Waals surface area contributed by atoms with E-state index in [1.54, 1.807) is 32.9 Å². The van der Waals surface area contributed by atoms with Crippen LogP contribution in [-0.4, -0.2) is 52.0 Å². The van der Waals surface area contributed by atoms with E-state index in [2.05, 4.69) is 15.4 Å². The number of hydrogen-bond acceptors (Lipinski definition) is 4. The fourth-order valence-electron chi connectivity index (χ4n) is 2.58. The average Bonchev–Trinajstić information content (AvgIpc) is 2.58. The summed E-state index contributed by atoms with van der Waals surface area (Å²) in [7, 11) is -3.57. The van der Waals surface area contributed by atoms with Crippen LogP contribution >= 0.6 is 0 Å². The summed E-state index contributed by atoms with van der Waals surface area (Å²) in [6.45, 7) is 10.4. The molecule has 1 rings (SSSR count). The van der Waals surface area contributed by atoms with Gasteiger partial charge in [0.2, 0.25) is 10.0 Å². The van der Waals surface area contributed by atoms with Crippen LogP contribution in [0.2, 0.25) is 0 Å². The highest BCUT2D eigenvalue weighted by Gasteiger charge is 2.26. The number of nitrogens with one attached hydrogen (secondary N) is 4. The predicted molar refractivity (Wildman–Crippen MR) is 105 cm³/mol. The summed E-state index contributed by atoms with van der Waals surface area (Å²) in [5.41, 5.74) is 0.504. The zero-order chi connectivity index (χ0) is 20.6. The Hall–Kier alpha value is -1.97. The Balaban J connectivity index is 2.77. The zero-order valence-electron chi connectivity index (χ0n) is 16.6. The molecule has 8 nitrogen and oxygen atoms in total. The monoisotopic (exact) mass is 399 g/mol. The number of rotatable bonds is 10. The Labute approximate surface area is 161 Å². The van der Waals surface area contributed by atoms with Gasteiger partial charge in [-0.15, -0.1) is 0 Å². The smallest absolute Gasteiger partial charge is 0.282 e. The largest absolute Gasteiger partial charge is 0.351 e. The first-order valence-electron chi connectivity index (χ1n) is 9.15. The van der Waals surface area contributed by atoms with E-state index in [9.17, 15) is 18.0 Å². The number of sulfonamides is 1. The fourth-order valence-corrected chi connectivity index (χ4v) is 3.83. The number of quaternary nitrogens is 1. The quantitative estimate of drug-likeness (QED) is 0.435. The summed E-state index contributed by atoms with van der Waals surface area (Å²) in [4.78, 5) is 25.2. The van der Waals surface area contributed by atoms with Gasteiger partial charge in [-0.25, -0.2) is 13.1 Å². The summed E-state index contributed by atoms with van der Waals surface area (Å²) in [5, 5.41) is 5.51. The molecule has 9 heteroatoms. The summed E-state index contributed by atoms with van der Waals surface area (Å²) in [6, 6.07) is 5.37. The Bertz CT molecular complexity index is 732. The molecular formula is C18H31N4O4S+. The Morgan fingerprint density at radius 2 is 1.67 bits per heavy atom. The molecule has 0 radical (unpaired) electrons. The highest BCUT2D eigenvalue weighted by atomic mass is 32.2. The summed E-state index contributed by atoms with van der Waals surface area (Å²) in [5.74, 6) is -0.326. The molecule has 0 aliphatic rings. The van der Waals surface area contributed by atoms with Crippen LogP contribution in [0.5, 0.6) is 0 Å². The van der Waals surface area contributed by atoms with E-state index in [-0.39, 0.29) is 29.3 Å². The molecule has 0 bridgehead atoms. The molecule has 0 aliphatic carbocycles. The first-order valence-corrected chi connectivity index (χ1v) is 10.6. The third kappa shape index (κ3) is 7.28. The predicted octanol–water partition coefficient (Wildman–Crippen LogP) is -0.259. The Morgan fingerprint density at radius 3 is 2.15 bits per heavy atom. The molecule has 0 saturated heterocycles. The summed E-state index contributed by atoms with van der Waals surface area (Å²) < 4.78 is 26.8. The maximum absolute atomic E-state index is 12.5. The zero-order valence-corrected chi connectivity index (χ0v) is 17.4. The van der Waals surface area contributed by atoms with Crippen molar-refractivity contribution in [3.8, 4) is 0 Å². The first kappa shape index (κ1) is 23.1. The van der Waals surface area contributed by atoms with Crippen LogP contribution < -0.4 is 20.3 Å². The molecule has 0 fully saturated rings. The van der Waals surface area contributed by atoms with Gasteiger partial charge in [-0.3, -0.25) is 9.59 Å². The van der Waals surface area contributed by atoms with E-state index >= 15 is 0 Å². The second-order valence-electron chi connectivity index (χ2n) is 6.65. The highest BCUT2D eigenvalue weighted by molar-refractivity contribution is 7.89. The lowest BCUT2D eigenvalue weighted by atomic mass is 10.2. The Morgan fingerprint density at radius 1 is 1.07 bits per heavy atom. The lowest BCUT2D eigenvalue weighted by molar-refractivity contribution is -0.904. The molecule has 0 aliphatic heterocycles. The van der Waals surface area contributed by atoms with Gasteiger partial charge in [0.1, 0.15) is 0 Å². The molecule has 4 N–H and O–H groups in total. The number of likely N-dealkylation sites (N-methyl/N-ethyl adjacent to an activating group) is 2. The van der Waals surface area contributed by atoms with E-state index < -0.39 is 16.1 Å². The standard InChI is InChI=1S/C18H30N4O4S/c1-6-19-17(23)12-22(7-2)14(5)18(24)20-15-8-10-16(11-9-15)27(25,26)21-13(3)4/h8-11,13-14,21H,6-7,12H2,1-5H3,(H,19,23)(H,20,24)/p+1/t14-/m1/s1. The van der Waals surface area contributed by atoms with E-state index in [1.165, 1.54) is 12.1 Å². The van der Waals surface area contributed by atoms with Crippen molar-refractivity contribution in [3.05, 3.63) is 24.3 Å². The topological polar surface area (TPSA) is 109 Å². The van der Waals surface area contributed by atoms with Crippen molar-refractivity contribution in [1.29, 1.82) is 0 Å². The van der Waals surface area contributed by atoms with Gasteiger partial charge in [-0.2, -0.15) is 0 Å². The van der Waals surface area contributed by atoms with Crippen LogP contribution in [0.4, 0.5) is 5.69 Å². The van der Waals surface area contributed by atoms with Crippen molar-refractivity contribution in [2.24, 2.45) is 0 Å². The SMILES string of the molecule is CCNC(=O)C[NH+](CC)[C@H](C)C(=O)Nc1ccc(S(=O)(=O)NC(C)C)cc1. The minimum Gasteiger partial charge on any atom is -0.351 e. The molecule has 0 spiro atoms. The van der Waals surface area contributed by atoms with Crippen LogP contribution in [0, 0.1) is 0 Å². The molecule has 0 aromatic heterocycles. The summed E-state index contributed by atoms with van der Waals surface area (Å²) >= 11 is 0. The lowest BCUT2D eigenvalue weighted by Crippen LogP contribution is -3.17.